The number of non-ortho nitro benzene ring substituents is 1. The van der Waals surface area contributed by atoms with Gasteiger partial charge in [-0.1, -0.05) is 0 Å². The van der Waals surface area contributed by atoms with E-state index in [-0.39, 0.29) is 12.3 Å². The molecule has 0 saturated heterocycles. The molecular weight excluding hydrogens is 330 g/mol. The van der Waals surface area contributed by atoms with Gasteiger partial charge < -0.3 is 9.84 Å². The van der Waals surface area contributed by atoms with Gasteiger partial charge in [0, 0.05) is 29.8 Å². The Kier molecular flexibility index (Phi) is 4.16. The summed E-state index contributed by atoms with van der Waals surface area (Å²) in [7, 11) is 0. The lowest BCUT2D eigenvalue weighted by Gasteiger charge is -2.25. The van der Waals surface area contributed by atoms with Crippen molar-refractivity contribution < 1.29 is 14.8 Å². The summed E-state index contributed by atoms with van der Waals surface area (Å²) in [6.07, 6.45) is 1.70. The predicted molar refractivity (Wildman–Crippen MR) is 91.3 cm³/mol. The zero-order chi connectivity index (χ0) is 17.3. The number of pyridine rings is 1. The molecule has 0 aliphatic carbocycles. The van der Waals surface area contributed by atoms with E-state index in [1.165, 1.54) is 23.5 Å². The maximum Gasteiger partial charge on any atom is 0.270 e. The predicted octanol–water partition coefficient (Wildman–Crippen LogP) is 3.42. The zero-order valence-corrected chi connectivity index (χ0v) is 13.9. The minimum absolute atomic E-state index is 0.0403. The van der Waals surface area contributed by atoms with Crippen molar-refractivity contribution in [3.63, 3.8) is 0 Å². The van der Waals surface area contributed by atoms with Crippen LogP contribution in [0, 0.1) is 10.1 Å². The lowest BCUT2D eigenvalue weighted by Crippen LogP contribution is -2.32. The van der Waals surface area contributed by atoms with Crippen molar-refractivity contribution in [1.29, 1.82) is 0 Å². The number of benzene rings is 1. The average Bonchev–Trinajstić information content (AvgIpc) is 3.08. The Bertz CT molecular complexity index is 894. The monoisotopic (exact) mass is 345 g/mol. The molecule has 7 nitrogen and oxygen atoms in total. The lowest BCUT2D eigenvalue weighted by atomic mass is 10.1. The highest BCUT2D eigenvalue weighted by atomic mass is 32.1. The van der Waals surface area contributed by atoms with Gasteiger partial charge in [-0.2, -0.15) is 0 Å². The summed E-state index contributed by atoms with van der Waals surface area (Å²) in [5, 5.41) is 21.0. The number of aliphatic hydroxyl groups is 1. The van der Waals surface area contributed by atoms with Gasteiger partial charge in [0.2, 0.25) is 0 Å². The summed E-state index contributed by atoms with van der Waals surface area (Å²) in [4.78, 5) is 20.0. The molecule has 1 N–H and O–H groups in total. The van der Waals surface area contributed by atoms with E-state index in [9.17, 15) is 15.2 Å². The van der Waals surface area contributed by atoms with Crippen LogP contribution in [0.25, 0.3) is 21.5 Å². The number of nitrogens with zero attached hydrogens (tertiary/aromatic N) is 3. The maximum absolute atomic E-state index is 11.0. The Morgan fingerprint density at radius 1 is 1.38 bits per heavy atom. The summed E-state index contributed by atoms with van der Waals surface area (Å²) < 4.78 is 5.91. The molecule has 3 rings (SSSR count). The number of fused-ring (bicyclic) bond motifs is 1. The largest absolute Gasteiger partial charge is 0.485 e. The van der Waals surface area contributed by atoms with Gasteiger partial charge in [0.25, 0.3) is 5.69 Å². The fourth-order valence-electron chi connectivity index (χ4n) is 2.18. The highest BCUT2D eigenvalue weighted by molar-refractivity contribution is 7.13. The third-order valence-electron chi connectivity index (χ3n) is 3.42. The van der Waals surface area contributed by atoms with E-state index in [0.29, 0.717) is 22.3 Å². The third-order valence-corrected chi connectivity index (χ3v) is 4.21. The zero-order valence-electron chi connectivity index (χ0n) is 13.1. The van der Waals surface area contributed by atoms with Crippen molar-refractivity contribution in [1.82, 2.24) is 9.97 Å². The minimum atomic E-state index is -0.829. The van der Waals surface area contributed by atoms with E-state index in [1.54, 1.807) is 37.7 Å². The summed E-state index contributed by atoms with van der Waals surface area (Å²) in [6.45, 7) is 3.29. The van der Waals surface area contributed by atoms with Gasteiger partial charge in [-0.25, -0.2) is 4.98 Å². The third kappa shape index (κ3) is 3.19. The molecule has 0 spiro atoms. The van der Waals surface area contributed by atoms with E-state index < -0.39 is 10.5 Å². The van der Waals surface area contributed by atoms with Gasteiger partial charge in [0.05, 0.1) is 33.1 Å². The second kappa shape index (κ2) is 6.14. The molecule has 0 aliphatic heterocycles. The second-order valence-electron chi connectivity index (χ2n) is 5.85. The Morgan fingerprint density at radius 2 is 2.17 bits per heavy atom. The van der Waals surface area contributed by atoms with Crippen molar-refractivity contribution >= 4 is 27.9 Å². The fourth-order valence-corrected chi connectivity index (χ4v) is 2.76. The van der Waals surface area contributed by atoms with Crippen molar-refractivity contribution in [3.05, 3.63) is 46.1 Å². The number of rotatable bonds is 5. The van der Waals surface area contributed by atoms with Gasteiger partial charge in [-0.05, 0) is 19.9 Å². The van der Waals surface area contributed by atoms with Crippen LogP contribution in [0.3, 0.4) is 0 Å². The number of aliphatic hydroxyl groups excluding tert-OH is 1. The molecule has 2 aromatic heterocycles. The summed E-state index contributed by atoms with van der Waals surface area (Å²) in [5.74, 6) is 0.436. The quantitative estimate of drug-likeness (QED) is 0.562. The molecule has 0 aliphatic rings. The molecule has 2 heterocycles. The molecule has 1 aromatic carbocycles. The smallest absolute Gasteiger partial charge is 0.270 e. The van der Waals surface area contributed by atoms with Crippen LogP contribution in [0.2, 0.25) is 0 Å². The SMILES string of the molecule is CC(C)(CO)Oc1cc(-c2cncs2)nc2ccc([N+](=O)[O-])cc12. The van der Waals surface area contributed by atoms with Crippen LogP contribution in [0.15, 0.2) is 36.0 Å². The summed E-state index contributed by atoms with van der Waals surface area (Å²) in [6, 6.07) is 6.15. The normalized spacial score (nSPS) is 11.6. The molecule has 8 heteroatoms. The van der Waals surface area contributed by atoms with Gasteiger partial charge in [0.15, 0.2) is 0 Å². The van der Waals surface area contributed by atoms with Crippen LogP contribution < -0.4 is 4.74 Å². The number of nitro groups is 1. The van der Waals surface area contributed by atoms with Crippen LogP contribution in [-0.2, 0) is 0 Å². The minimum Gasteiger partial charge on any atom is -0.485 e. The molecule has 0 unspecified atom stereocenters. The van der Waals surface area contributed by atoms with Gasteiger partial charge in [0.1, 0.15) is 11.4 Å². The van der Waals surface area contributed by atoms with Gasteiger partial charge in [-0.3, -0.25) is 15.1 Å². The molecule has 0 bridgehead atoms. The first-order chi connectivity index (χ1) is 11.4. The molecule has 0 atom stereocenters. The van der Waals surface area contributed by atoms with E-state index in [1.807, 2.05) is 0 Å². The molecule has 0 amide bonds. The van der Waals surface area contributed by atoms with Crippen molar-refractivity contribution in [2.75, 3.05) is 6.61 Å². The van der Waals surface area contributed by atoms with Crippen LogP contribution in [-0.4, -0.2) is 32.2 Å². The molecule has 24 heavy (non-hydrogen) atoms. The summed E-state index contributed by atoms with van der Waals surface area (Å²) in [5.41, 5.74) is 2.08. The number of ether oxygens (including phenoxy) is 1. The highest BCUT2D eigenvalue weighted by Crippen LogP contribution is 2.35. The van der Waals surface area contributed by atoms with Gasteiger partial charge >= 0.3 is 0 Å². The number of hydrogen-bond donors (Lipinski definition) is 1. The molecule has 0 radical (unpaired) electrons. The molecule has 0 fully saturated rings. The van der Waals surface area contributed by atoms with E-state index >= 15 is 0 Å². The van der Waals surface area contributed by atoms with Crippen molar-refractivity contribution in [2.24, 2.45) is 0 Å². The Morgan fingerprint density at radius 3 is 2.79 bits per heavy atom. The Hall–Kier alpha value is -2.58. The number of nitro benzene ring substituents is 1. The standard InChI is InChI=1S/C16H15N3O4S/c1-16(2,8-20)23-14-6-13(15-7-17-9-24-15)18-12-4-3-10(19(21)22)5-11(12)14/h3-7,9,20H,8H2,1-2H3. The summed E-state index contributed by atoms with van der Waals surface area (Å²) >= 11 is 1.44. The van der Waals surface area contributed by atoms with E-state index in [4.69, 9.17) is 4.74 Å². The van der Waals surface area contributed by atoms with Crippen LogP contribution in [0.4, 0.5) is 5.69 Å². The molecular formula is C16H15N3O4S. The van der Waals surface area contributed by atoms with Crippen LogP contribution in [0.1, 0.15) is 13.8 Å². The number of thiazole rings is 1. The lowest BCUT2D eigenvalue weighted by molar-refractivity contribution is -0.384. The Labute approximate surface area is 141 Å². The first-order valence-corrected chi connectivity index (χ1v) is 8.05. The molecule has 3 aromatic rings. The topological polar surface area (TPSA) is 98.4 Å². The van der Waals surface area contributed by atoms with Crippen LogP contribution in [0.5, 0.6) is 5.75 Å². The van der Waals surface area contributed by atoms with E-state index in [0.717, 1.165) is 4.88 Å². The average molecular weight is 345 g/mol. The number of aromatic nitrogens is 2. The first-order valence-electron chi connectivity index (χ1n) is 7.17. The second-order valence-corrected chi connectivity index (χ2v) is 6.74. The Balaban J connectivity index is 2.22. The van der Waals surface area contributed by atoms with Crippen molar-refractivity contribution in [3.8, 4) is 16.3 Å². The first kappa shape index (κ1) is 16.3. The van der Waals surface area contributed by atoms with E-state index in [2.05, 4.69) is 9.97 Å². The van der Waals surface area contributed by atoms with Crippen molar-refractivity contribution in [2.45, 2.75) is 19.4 Å². The maximum atomic E-state index is 11.0. The molecule has 124 valence electrons. The molecule has 0 saturated carbocycles. The van der Waals surface area contributed by atoms with Crippen LogP contribution >= 0.6 is 11.3 Å². The number of hydrogen-bond acceptors (Lipinski definition) is 7. The van der Waals surface area contributed by atoms with Gasteiger partial charge in [-0.15, -0.1) is 11.3 Å². The highest BCUT2D eigenvalue weighted by Gasteiger charge is 2.22. The fraction of sp³-hybridized carbons (Fsp3) is 0.250.